The van der Waals surface area contributed by atoms with Crippen LogP contribution in [-0.2, 0) is 10.3 Å². The van der Waals surface area contributed by atoms with Gasteiger partial charge < -0.3 is 15.2 Å². The predicted octanol–water partition coefficient (Wildman–Crippen LogP) is 2.44. The molecule has 1 aliphatic carbocycles. The van der Waals surface area contributed by atoms with Gasteiger partial charge in [0.15, 0.2) is 0 Å². The molecule has 0 saturated heterocycles. The van der Waals surface area contributed by atoms with Crippen molar-refractivity contribution in [3.8, 4) is 0 Å². The molecule has 106 valence electrons. The molecule has 1 aromatic rings. The van der Waals surface area contributed by atoms with Crippen molar-refractivity contribution in [2.75, 3.05) is 19.8 Å². The molecular weight excluding hydrogens is 238 g/mol. The lowest BCUT2D eigenvalue weighted by Crippen LogP contribution is -2.50. The van der Waals surface area contributed by atoms with Gasteiger partial charge in [-0.05, 0) is 24.8 Å². The SMILES string of the molecule is CCCCOCC(CO)(NC1CC1)c1ccccc1. The molecule has 1 atom stereocenters. The maximum atomic E-state index is 9.92. The molecule has 2 N–H and O–H groups in total. The summed E-state index contributed by atoms with van der Waals surface area (Å²) in [6.07, 6.45) is 4.60. The lowest BCUT2D eigenvalue weighted by atomic mass is 9.91. The van der Waals surface area contributed by atoms with E-state index in [0.717, 1.165) is 25.0 Å². The van der Waals surface area contributed by atoms with Crippen molar-refractivity contribution >= 4 is 0 Å². The van der Waals surface area contributed by atoms with Gasteiger partial charge in [0.25, 0.3) is 0 Å². The smallest absolute Gasteiger partial charge is 0.0908 e. The van der Waals surface area contributed by atoms with E-state index in [-0.39, 0.29) is 6.61 Å². The fourth-order valence-corrected chi connectivity index (χ4v) is 2.26. The number of aliphatic hydroxyl groups excluding tert-OH is 1. The average molecular weight is 263 g/mol. The number of rotatable bonds is 9. The largest absolute Gasteiger partial charge is 0.394 e. The van der Waals surface area contributed by atoms with Gasteiger partial charge in [-0.15, -0.1) is 0 Å². The molecule has 1 aliphatic rings. The van der Waals surface area contributed by atoms with Gasteiger partial charge in [-0.2, -0.15) is 0 Å². The third-order valence-electron chi connectivity index (χ3n) is 3.64. The Bertz CT molecular complexity index is 364. The van der Waals surface area contributed by atoms with E-state index in [1.807, 2.05) is 18.2 Å². The average Bonchev–Trinajstić information content (AvgIpc) is 3.27. The van der Waals surface area contributed by atoms with Crippen molar-refractivity contribution in [1.82, 2.24) is 5.32 Å². The molecule has 0 aliphatic heterocycles. The molecule has 3 nitrogen and oxygen atoms in total. The summed E-state index contributed by atoms with van der Waals surface area (Å²) in [5.41, 5.74) is 0.664. The Morgan fingerprint density at radius 3 is 2.63 bits per heavy atom. The van der Waals surface area contributed by atoms with Gasteiger partial charge in [0.1, 0.15) is 0 Å². The maximum Gasteiger partial charge on any atom is 0.0908 e. The minimum Gasteiger partial charge on any atom is -0.394 e. The highest BCUT2D eigenvalue weighted by atomic mass is 16.5. The van der Waals surface area contributed by atoms with Gasteiger partial charge in [0, 0.05) is 12.6 Å². The minimum atomic E-state index is -0.448. The van der Waals surface area contributed by atoms with Gasteiger partial charge >= 0.3 is 0 Å². The summed E-state index contributed by atoms with van der Waals surface area (Å²) in [7, 11) is 0. The number of nitrogens with one attached hydrogen (secondary N) is 1. The Morgan fingerprint density at radius 2 is 2.05 bits per heavy atom. The van der Waals surface area contributed by atoms with Crippen LogP contribution in [0.25, 0.3) is 0 Å². The lowest BCUT2D eigenvalue weighted by Gasteiger charge is -2.33. The summed E-state index contributed by atoms with van der Waals surface area (Å²) in [5.74, 6) is 0. The van der Waals surface area contributed by atoms with Crippen LogP contribution in [0.1, 0.15) is 38.2 Å². The normalized spacial score (nSPS) is 18.2. The standard InChI is InChI=1S/C16H25NO2/c1-2-3-11-19-13-16(12-18,17-15-9-10-15)14-7-5-4-6-8-14/h4-8,15,17-18H,2-3,9-13H2,1H3. The van der Waals surface area contributed by atoms with Crippen LogP contribution < -0.4 is 5.32 Å². The Hall–Kier alpha value is -0.900. The Kier molecular flexibility index (Phi) is 5.37. The van der Waals surface area contributed by atoms with Crippen LogP contribution in [0.4, 0.5) is 0 Å². The topological polar surface area (TPSA) is 41.5 Å². The molecular formula is C16H25NO2. The van der Waals surface area contributed by atoms with Crippen molar-refractivity contribution in [3.05, 3.63) is 35.9 Å². The highest BCUT2D eigenvalue weighted by Crippen LogP contribution is 2.29. The molecule has 19 heavy (non-hydrogen) atoms. The third kappa shape index (κ3) is 4.03. The predicted molar refractivity (Wildman–Crippen MR) is 77.1 cm³/mol. The van der Waals surface area contributed by atoms with Crippen LogP contribution >= 0.6 is 0 Å². The first kappa shape index (κ1) is 14.5. The van der Waals surface area contributed by atoms with Crippen molar-refractivity contribution < 1.29 is 9.84 Å². The second kappa shape index (κ2) is 7.04. The summed E-state index contributed by atoms with van der Waals surface area (Å²) >= 11 is 0. The van der Waals surface area contributed by atoms with Crippen LogP contribution in [-0.4, -0.2) is 31.0 Å². The molecule has 1 fully saturated rings. The number of hydrogen-bond acceptors (Lipinski definition) is 3. The van der Waals surface area contributed by atoms with Gasteiger partial charge in [-0.3, -0.25) is 0 Å². The number of aliphatic hydroxyl groups is 1. The van der Waals surface area contributed by atoms with Gasteiger partial charge in [-0.1, -0.05) is 43.7 Å². The van der Waals surface area contributed by atoms with Crippen LogP contribution in [0.3, 0.4) is 0 Å². The highest BCUT2D eigenvalue weighted by Gasteiger charge is 2.37. The summed E-state index contributed by atoms with van der Waals surface area (Å²) < 4.78 is 5.79. The van der Waals surface area contributed by atoms with E-state index in [1.165, 1.54) is 12.8 Å². The van der Waals surface area contributed by atoms with Crippen LogP contribution in [0.5, 0.6) is 0 Å². The summed E-state index contributed by atoms with van der Waals surface area (Å²) in [6, 6.07) is 10.7. The van der Waals surface area contributed by atoms with E-state index >= 15 is 0 Å². The molecule has 3 heteroatoms. The minimum absolute atomic E-state index is 0.0691. The Morgan fingerprint density at radius 1 is 1.32 bits per heavy atom. The van der Waals surface area contributed by atoms with Gasteiger partial charge in [0.05, 0.1) is 18.8 Å². The molecule has 0 heterocycles. The van der Waals surface area contributed by atoms with E-state index < -0.39 is 5.54 Å². The van der Waals surface area contributed by atoms with Crippen LogP contribution in [0.2, 0.25) is 0 Å². The quantitative estimate of drug-likeness (QED) is 0.672. The van der Waals surface area contributed by atoms with Gasteiger partial charge in [-0.25, -0.2) is 0 Å². The zero-order valence-corrected chi connectivity index (χ0v) is 11.8. The first-order chi connectivity index (χ1) is 9.30. The van der Waals surface area contributed by atoms with E-state index in [4.69, 9.17) is 4.74 Å². The fraction of sp³-hybridized carbons (Fsp3) is 0.625. The third-order valence-corrected chi connectivity index (χ3v) is 3.64. The molecule has 1 saturated carbocycles. The monoisotopic (exact) mass is 263 g/mol. The van der Waals surface area contributed by atoms with E-state index in [9.17, 15) is 5.11 Å². The molecule has 0 aromatic heterocycles. The van der Waals surface area contributed by atoms with Crippen molar-refractivity contribution in [3.63, 3.8) is 0 Å². The molecule has 0 bridgehead atoms. The summed E-state index contributed by atoms with van der Waals surface area (Å²) in [6.45, 7) is 3.52. The lowest BCUT2D eigenvalue weighted by molar-refractivity contribution is 0.0311. The maximum absolute atomic E-state index is 9.92. The zero-order chi connectivity index (χ0) is 13.6. The van der Waals surface area contributed by atoms with E-state index in [0.29, 0.717) is 12.6 Å². The van der Waals surface area contributed by atoms with Crippen molar-refractivity contribution in [2.45, 2.75) is 44.2 Å². The first-order valence-electron chi connectivity index (χ1n) is 7.32. The molecule has 2 rings (SSSR count). The molecule has 0 spiro atoms. The van der Waals surface area contributed by atoms with Crippen LogP contribution in [0.15, 0.2) is 30.3 Å². The van der Waals surface area contributed by atoms with Crippen molar-refractivity contribution in [1.29, 1.82) is 0 Å². The number of benzene rings is 1. The molecule has 0 amide bonds. The Labute approximate surface area is 116 Å². The van der Waals surface area contributed by atoms with E-state index in [1.54, 1.807) is 0 Å². The van der Waals surface area contributed by atoms with E-state index in [2.05, 4.69) is 24.4 Å². The number of hydrogen-bond donors (Lipinski definition) is 2. The first-order valence-corrected chi connectivity index (χ1v) is 7.32. The Balaban J connectivity index is 2.06. The van der Waals surface area contributed by atoms with Gasteiger partial charge in [0.2, 0.25) is 0 Å². The number of unbranched alkanes of at least 4 members (excludes halogenated alkanes) is 1. The summed E-state index contributed by atoms with van der Waals surface area (Å²) in [4.78, 5) is 0. The fourth-order valence-electron chi connectivity index (χ4n) is 2.26. The molecule has 0 radical (unpaired) electrons. The second-order valence-electron chi connectivity index (χ2n) is 5.43. The highest BCUT2D eigenvalue weighted by molar-refractivity contribution is 5.25. The molecule has 1 unspecified atom stereocenters. The second-order valence-corrected chi connectivity index (χ2v) is 5.43. The molecule has 1 aromatic carbocycles. The zero-order valence-electron chi connectivity index (χ0n) is 11.8. The van der Waals surface area contributed by atoms with Crippen molar-refractivity contribution in [2.24, 2.45) is 0 Å². The van der Waals surface area contributed by atoms with Crippen LogP contribution in [0, 0.1) is 0 Å². The summed E-state index contributed by atoms with van der Waals surface area (Å²) in [5, 5.41) is 13.5. The number of ether oxygens (including phenoxy) is 1.